The molecule has 3 unspecified atom stereocenters. The van der Waals surface area contributed by atoms with Gasteiger partial charge in [0.1, 0.15) is 0 Å². The zero-order valence-corrected chi connectivity index (χ0v) is 20.3. The topological polar surface area (TPSA) is 82.8 Å². The number of nitrogens with one attached hydrogen (secondary N) is 2. The molecule has 1 aliphatic carbocycles. The van der Waals surface area contributed by atoms with Gasteiger partial charge >= 0.3 is 0 Å². The van der Waals surface area contributed by atoms with E-state index in [0.717, 1.165) is 36.3 Å². The minimum absolute atomic E-state index is 0.186. The molecular formula is C25H30ClN5OS. The second-order valence-corrected chi connectivity index (χ2v) is 9.64. The molecule has 0 aromatic heterocycles. The van der Waals surface area contributed by atoms with E-state index in [-0.39, 0.29) is 5.91 Å². The molecule has 3 atom stereocenters. The van der Waals surface area contributed by atoms with Crippen LogP contribution in [0.15, 0.2) is 53.5 Å². The SMILES string of the molecule is CN1C(=O)C(NC(=S)NCC2CCCC(CN)C2)N=C(c2ccccc2)c2cc(Cl)ccc21. The lowest BCUT2D eigenvalue weighted by Crippen LogP contribution is -2.50. The number of aliphatic imine (C=N–C) groups is 1. The van der Waals surface area contributed by atoms with Gasteiger partial charge in [0.25, 0.3) is 5.91 Å². The fraction of sp³-hybridized carbons (Fsp3) is 0.400. The highest BCUT2D eigenvalue weighted by atomic mass is 35.5. The van der Waals surface area contributed by atoms with Gasteiger partial charge in [0.05, 0.1) is 11.4 Å². The molecule has 1 aliphatic heterocycles. The number of likely N-dealkylation sites (N-methyl/N-ethyl adjacent to an activating group) is 1. The Morgan fingerprint density at radius 2 is 1.97 bits per heavy atom. The number of benzodiazepines with no additional fused rings is 1. The van der Waals surface area contributed by atoms with Crippen molar-refractivity contribution in [3.05, 3.63) is 64.7 Å². The summed E-state index contributed by atoms with van der Waals surface area (Å²) in [4.78, 5) is 19.8. The van der Waals surface area contributed by atoms with Crippen molar-refractivity contribution >= 4 is 46.2 Å². The summed E-state index contributed by atoms with van der Waals surface area (Å²) >= 11 is 11.9. The number of fused-ring (bicyclic) bond motifs is 1. The number of halogens is 1. The molecule has 1 fully saturated rings. The minimum Gasteiger partial charge on any atom is -0.362 e. The van der Waals surface area contributed by atoms with Crippen LogP contribution in [0.25, 0.3) is 0 Å². The molecule has 0 bridgehead atoms. The monoisotopic (exact) mass is 483 g/mol. The molecule has 174 valence electrons. The summed E-state index contributed by atoms with van der Waals surface area (Å²) in [5.41, 5.74) is 9.04. The van der Waals surface area contributed by atoms with Gasteiger partial charge in [0.15, 0.2) is 5.11 Å². The zero-order chi connectivity index (χ0) is 23.4. The highest BCUT2D eigenvalue weighted by molar-refractivity contribution is 7.80. The summed E-state index contributed by atoms with van der Waals surface area (Å²) in [6, 6.07) is 15.3. The Morgan fingerprint density at radius 1 is 1.21 bits per heavy atom. The van der Waals surface area contributed by atoms with E-state index in [2.05, 4.69) is 10.6 Å². The third-order valence-corrected chi connectivity index (χ3v) is 6.99. The van der Waals surface area contributed by atoms with Gasteiger partial charge in [-0.3, -0.25) is 4.79 Å². The van der Waals surface area contributed by atoms with Crippen molar-refractivity contribution < 1.29 is 4.79 Å². The van der Waals surface area contributed by atoms with Crippen LogP contribution >= 0.6 is 23.8 Å². The normalized spacial score (nSPS) is 22.8. The number of hydrogen-bond donors (Lipinski definition) is 3. The Morgan fingerprint density at radius 3 is 2.73 bits per heavy atom. The van der Waals surface area contributed by atoms with E-state index in [0.29, 0.717) is 27.7 Å². The van der Waals surface area contributed by atoms with Gasteiger partial charge in [-0.1, -0.05) is 48.4 Å². The maximum absolute atomic E-state index is 13.3. The molecule has 8 heteroatoms. The van der Waals surface area contributed by atoms with Crippen LogP contribution in [-0.2, 0) is 4.79 Å². The molecule has 0 saturated heterocycles. The van der Waals surface area contributed by atoms with Gasteiger partial charge in [-0.2, -0.15) is 0 Å². The third kappa shape index (κ3) is 5.54. The number of rotatable bonds is 5. The average molecular weight is 484 g/mol. The lowest BCUT2D eigenvalue weighted by molar-refractivity contribution is -0.119. The zero-order valence-electron chi connectivity index (χ0n) is 18.8. The number of thiocarbonyl (C=S) groups is 1. The van der Waals surface area contributed by atoms with E-state index in [4.69, 9.17) is 34.5 Å². The van der Waals surface area contributed by atoms with Gasteiger partial charge in [-0.25, -0.2) is 4.99 Å². The number of benzene rings is 2. The fourth-order valence-electron chi connectivity index (χ4n) is 4.68. The number of hydrogen-bond acceptors (Lipinski definition) is 4. The second-order valence-electron chi connectivity index (χ2n) is 8.79. The molecule has 4 rings (SSSR count). The van der Waals surface area contributed by atoms with Crippen molar-refractivity contribution in [2.75, 3.05) is 25.0 Å². The quantitative estimate of drug-likeness (QED) is 0.565. The molecule has 0 spiro atoms. The van der Waals surface area contributed by atoms with Crippen LogP contribution in [-0.4, -0.2) is 43.0 Å². The second kappa shape index (κ2) is 10.6. The summed E-state index contributed by atoms with van der Waals surface area (Å²) < 4.78 is 0. The van der Waals surface area contributed by atoms with Crippen molar-refractivity contribution in [1.29, 1.82) is 0 Å². The van der Waals surface area contributed by atoms with Crippen molar-refractivity contribution in [3.63, 3.8) is 0 Å². The predicted octanol–water partition coefficient (Wildman–Crippen LogP) is 3.71. The van der Waals surface area contributed by atoms with Crippen molar-refractivity contribution in [1.82, 2.24) is 10.6 Å². The average Bonchev–Trinajstić information content (AvgIpc) is 2.93. The van der Waals surface area contributed by atoms with Gasteiger partial charge in [0, 0.05) is 29.7 Å². The summed E-state index contributed by atoms with van der Waals surface area (Å²) in [5.74, 6) is 0.941. The van der Waals surface area contributed by atoms with Crippen LogP contribution in [0.5, 0.6) is 0 Å². The number of anilines is 1. The van der Waals surface area contributed by atoms with Crippen molar-refractivity contribution in [3.8, 4) is 0 Å². The van der Waals surface area contributed by atoms with Crippen LogP contribution in [0.2, 0.25) is 5.02 Å². The molecule has 0 radical (unpaired) electrons. The maximum Gasteiger partial charge on any atom is 0.272 e. The van der Waals surface area contributed by atoms with E-state index in [1.165, 1.54) is 19.3 Å². The van der Waals surface area contributed by atoms with E-state index in [9.17, 15) is 4.79 Å². The number of carbonyl (C=O) groups is 1. The van der Waals surface area contributed by atoms with Gasteiger partial charge in [0.2, 0.25) is 6.17 Å². The first-order valence-corrected chi connectivity index (χ1v) is 12.2. The fourth-order valence-corrected chi connectivity index (χ4v) is 5.05. The molecule has 6 nitrogen and oxygen atoms in total. The highest BCUT2D eigenvalue weighted by Crippen LogP contribution is 2.30. The highest BCUT2D eigenvalue weighted by Gasteiger charge is 2.31. The van der Waals surface area contributed by atoms with E-state index >= 15 is 0 Å². The molecule has 1 heterocycles. The summed E-state index contributed by atoms with van der Waals surface area (Å²) in [5, 5.41) is 7.46. The summed E-state index contributed by atoms with van der Waals surface area (Å²) in [7, 11) is 1.75. The Bertz CT molecular complexity index is 1040. The van der Waals surface area contributed by atoms with Crippen LogP contribution < -0.4 is 21.3 Å². The van der Waals surface area contributed by atoms with Crippen LogP contribution in [0.4, 0.5) is 5.69 Å². The van der Waals surface area contributed by atoms with E-state index in [1.807, 2.05) is 42.5 Å². The number of nitrogens with two attached hydrogens (primary N) is 1. The Kier molecular flexibility index (Phi) is 7.63. The molecule has 2 aromatic rings. The smallest absolute Gasteiger partial charge is 0.272 e. The van der Waals surface area contributed by atoms with Crippen molar-refractivity contribution in [2.24, 2.45) is 22.6 Å². The Labute approximate surface area is 205 Å². The lowest BCUT2D eigenvalue weighted by atomic mass is 9.81. The lowest BCUT2D eigenvalue weighted by Gasteiger charge is -2.29. The predicted molar refractivity (Wildman–Crippen MR) is 139 cm³/mol. The number of carbonyl (C=O) groups excluding carboxylic acids is 1. The van der Waals surface area contributed by atoms with Crippen molar-refractivity contribution in [2.45, 2.75) is 31.8 Å². The standard InChI is InChI=1S/C25H30ClN5OS/c1-31-21-11-10-19(26)13-20(21)22(18-8-3-2-4-9-18)29-23(24(31)32)30-25(33)28-15-17-7-5-6-16(12-17)14-27/h2-4,8-11,13,16-17,23H,5-7,12,14-15,27H2,1H3,(H2,28,30,33). The number of nitrogens with zero attached hydrogens (tertiary/aromatic N) is 2. The van der Waals surface area contributed by atoms with Crippen LogP contribution in [0.1, 0.15) is 36.8 Å². The van der Waals surface area contributed by atoms with Gasteiger partial charge < -0.3 is 21.3 Å². The van der Waals surface area contributed by atoms with Gasteiger partial charge in [-0.05, 0) is 68.1 Å². The van der Waals surface area contributed by atoms with E-state index in [1.54, 1.807) is 18.0 Å². The molecule has 2 aliphatic rings. The molecule has 1 amide bonds. The summed E-state index contributed by atoms with van der Waals surface area (Å²) in [6.07, 6.45) is 3.85. The third-order valence-electron chi connectivity index (χ3n) is 6.49. The van der Waals surface area contributed by atoms with E-state index < -0.39 is 6.17 Å². The first-order chi connectivity index (χ1) is 16.0. The first-order valence-electron chi connectivity index (χ1n) is 11.4. The molecule has 1 saturated carbocycles. The Hall–Kier alpha value is -2.48. The minimum atomic E-state index is -0.848. The molecule has 4 N–H and O–H groups in total. The number of amides is 1. The molecular weight excluding hydrogens is 454 g/mol. The largest absolute Gasteiger partial charge is 0.362 e. The summed E-state index contributed by atoms with van der Waals surface area (Å²) in [6.45, 7) is 1.51. The van der Waals surface area contributed by atoms with Crippen LogP contribution in [0.3, 0.4) is 0 Å². The van der Waals surface area contributed by atoms with Gasteiger partial charge in [-0.15, -0.1) is 0 Å². The molecule has 33 heavy (non-hydrogen) atoms. The first kappa shape index (κ1) is 23.7. The maximum atomic E-state index is 13.3. The Balaban J connectivity index is 1.55. The molecule has 2 aromatic carbocycles. The van der Waals surface area contributed by atoms with Crippen LogP contribution in [0, 0.1) is 11.8 Å².